The first-order chi connectivity index (χ1) is 7.85. The van der Waals surface area contributed by atoms with Gasteiger partial charge in [0.15, 0.2) is 0 Å². The normalized spacial score (nSPS) is 39.4. The van der Waals surface area contributed by atoms with Gasteiger partial charge in [-0.3, -0.25) is 0 Å². The highest BCUT2D eigenvalue weighted by atomic mass is 16.6. The molecule has 1 rings (SSSR count). The SMILES string of the molecule is CCOC(C)(C)C1OC(CO)C(O)C(O)C1O. The zero-order valence-corrected chi connectivity index (χ0v) is 10.4. The molecule has 1 saturated heterocycles. The lowest BCUT2D eigenvalue weighted by Crippen LogP contribution is -2.64. The molecule has 17 heavy (non-hydrogen) atoms. The van der Waals surface area contributed by atoms with Crippen LogP contribution in [0.2, 0.25) is 0 Å². The largest absolute Gasteiger partial charge is 0.394 e. The van der Waals surface area contributed by atoms with Crippen LogP contribution in [0, 0.1) is 0 Å². The molecule has 0 aliphatic carbocycles. The van der Waals surface area contributed by atoms with Gasteiger partial charge in [-0.25, -0.2) is 0 Å². The van der Waals surface area contributed by atoms with Crippen molar-refractivity contribution in [2.24, 2.45) is 0 Å². The van der Waals surface area contributed by atoms with Crippen LogP contribution in [0.3, 0.4) is 0 Å². The Morgan fingerprint density at radius 2 is 1.71 bits per heavy atom. The fraction of sp³-hybridized carbons (Fsp3) is 1.00. The van der Waals surface area contributed by atoms with Crippen molar-refractivity contribution in [3.63, 3.8) is 0 Å². The Kier molecular flexibility index (Phi) is 4.88. The Morgan fingerprint density at radius 1 is 1.12 bits per heavy atom. The monoisotopic (exact) mass is 250 g/mol. The molecule has 0 saturated carbocycles. The van der Waals surface area contributed by atoms with E-state index < -0.39 is 42.7 Å². The van der Waals surface area contributed by atoms with Crippen molar-refractivity contribution in [3.8, 4) is 0 Å². The molecule has 0 radical (unpaired) electrons. The highest BCUT2D eigenvalue weighted by molar-refractivity contribution is 4.98. The van der Waals surface area contributed by atoms with E-state index >= 15 is 0 Å². The van der Waals surface area contributed by atoms with Gasteiger partial charge in [-0.2, -0.15) is 0 Å². The van der Waals surface area contributed by atoms with Gasteiger partial charge in [0.1, 0.15) is 30.5 Å². The van der Waals surface area contributed by atoms with Crippen molar-refractivity contribution in [2.75, 3.05) is 13.2 Å². The van der Waals surface area contributed by atoms with Crippen molar-refractivity contribution in [2.45, 2.75) is 56.9 Å². The summed E-state index contributed by atoms with van der Waals surface area (Å²) in [5.74, 6) is 0. The standard InChI is InChI=1S/C11H22O6/c1-4-16-11(2,3)10-9(15)8(14)7(13)6(5-12)17-10/h6-10,12-15H,4-5H2,1-3H3. The Bertz CT molecular complexity index is 242. The third-order valence-corrected chi connectivity index (χ3v) is 3.09. The predicted octanol–water partition coefficient (Wildman–Crippen LogP) is -1.36. The van der Waals surface area contributed by atoms with Gasteiger partial charge >= 0.3 is 0 Å². The third-order valence-electron chi connectivity index (χ3n) is 3.09. The predicted molar refractivity (Wildman–Crippen MR) is 59.5 cm³/mol. The molecular formula is C11H22O6. The maximum Gasteiger partial charge on any atom is 0.115 e. The van der Waals surface area contributed by atoms with Crippen LogP contribution in [0.1, 0.15) is 20.8 Å². The van der Waals surface area contributed by atoms with Crippen LogP contribution in [-0.2, 0) is 9.47 Å². The summed E-state index contributed by atoms with van der Waals surface area (Å²) >= 11 is 0. The molecule has 6 heteroatoms. The number of hydrogen-bond acceptors (Lipinski definition) is 6. The van der Waals surface area contributed by atoms with Gasteiger partial charge in [0.2, 0.25) is 0 Å². The smallest absolute Gasteiger partial charge is 0.115 e. The van der Waals surface area contributed by atoms with Crippen LogP contribution in [0.5, 0.6) is 0 Å². The maximum atomic E-state index is 9.89. The average Bonchev–Trinajstić information content (AvgIpc) is 2.26. The first kappa shape index (κ1) is 14.8. The Balaban J connectivity index is 2.85. The molecule has 1 aliphatic rings. The molecule has 0 spiro atoms. The van der Waals surface area contributed by atoms with Gasteiger partial charge in [0.05, 0.1) is 12.2 Å². The molecule has 1 heterocycles. The van der Waals surface area contributed by atoms with Crippen molar-refractivity contribution in [1.29, 1.82) is 0 Å². The van der Waals surface area contributed by atoms with E-state index in [1.807, 2.05) is 6.92 Å². The molecule has 1 aliphatic heterocycles. The quantitative estimate of drug-likeness (QED) is 0.492. The summed E-state index contributed by atoms with van der Waals surface area (Å²) in [4.78, 5) is 0. The Labute approximate surface area is 101 Å². The number of rotatable bonds is 4. The highest BCUT2D eigenvalue weighted by Gasteiger charge is 2.49. The molecule has 6 nitrogen and oxygen atoms in total. The molecule has 0 aromatic carbocycles. The number of ether oxygens (including phenoxy) is 2. The third kappa shape index (κ3) is 2.96. The second kappa shape index (κ2) is 5.60. The van der Waals surface area contributed by atoms with E-state index in [0.29, 0.717) is 6.61 Å². The highest BCUT2D eigenvalue weighted by Crippen LogP contribution is 2.30. The minimum Gasteiger partial charge on any atom is -0.394 e. The van der Waals surface area contributed by atoms with Crippen LogP contribution >= 0.6 is 0 Å². The average molecular weight is 250 g/mol. The van der Waals surface area contributed by atoms with E-state index in [1.54, 1.807) is 13.8 Å². The van der Waals surface area contributed by atoms with Gasteiger partial charge in [0, 0.05) is 6.61 Å². The van der Waals surface area contributed by atoms with Gasteiger partial charge in [-0.15, -0.1) is 0 Å². The summed E-state index contributed by atoms with van der Waals surface area (Å²) < 4.78 is 10.9. The number of aliphatic hydroxyl groups is 4. The van der Waals surface area contributed by atoms with Crippen molar-refractivity contribution < 1.29 is 29.9 Å². The lowest BCUT2D eigenvalue weighted by molar-refractivity contribution is -0.271. The maximum absolute atomic E-state index is 9.89. The summed E-state index contributed by atoms with van der Waals surface area (Å²) in [7, 11) is 0. The molecule has 5 atom stereocenters. The van der Waals surface area contributed by atoms with E-state index in [1.165, 1.54) is 0 Å². The molecule has 102 valence electrons. The van der Waals surface area contributed by atoms with Crippen molar-refractivity contribution in [3.05, 3.63) is 0 Å². The zero-order chi connectivity index (χ0) is 13.2. The van der Waals surface area contributed by atoms with Crippen LogP contribution < -0.4 is 0 Å². The Morgan fingerprint density at radius 3 is 2.18 bits per heavy atom. The topological polar surface area (TPSA) is 99.4 Å². The van der Waals surface area contributed by atoms with Crippen LogP contribution in [-0.4, -0.2) is 69.8 Å². The van der Waals surface area contributed by atoms with E-state index in [4.69, 9.17) is 14.6 Å². The summed E-state index contributed by atoms with van der Waals surface area (Å²) in [6.45, 7) is 5.27. The second-order valence-electron chi connectivity index (χ2n) is 4.79. The molecular weight excluding hydrogens is 228 g/mol. The Hall–Kier alpha value is -0.240. The first-order valence-corrected chi connectivity index (χ1v) is 5.79. The van der Waals surface area contributed by atoms with Gasteiger partial charge in [-0.1, -0.05) is 0 Å². The summed E-state index contributed by atoms with van der Waals surface area (Å²) in [6, 6.07) is 0. The zero-order valence-electron chi connectivity index (χ0n) is 10.4. The summed E-state index contributed by atoms with van der Waals surface area (Å²) in [6.07, 6.45) is -5.64. The number of hydrogen-bond donors (Lipinski definition) is 4. The molecule has 1 fully saturated rings. The lowest BCUT2D eigenvalue weighted by Gasteiger charge is -2.46. The second-order valence-corrected chi connectivity index (χ2v) is 4.79. The fourth-order valence-corrected chi connectivity index (χ4v) is 2.13. The minimum atomic E-state index is -1.36. The van der Waals surface area contributed by atoms with Crippen LogP contribution in [0.25, 0.3) is 0 Å². The molecule has 0 bridgehead atoms. The van der Waals surface area contributed by atoms with Gasteiger partial charge in [0.25, 0.3) is 0 Å². The minimum absolute atomic E-state index is 0.427. The van der Waals surface area contributed by atoms with Crippen LogP contribution in [0.4, 0.5) is 0 Å². The molecule has 0 amide bonds. The van der Waals surface area contributed by atoms with Crippen molar-refractivity contribution in [1.82, 2.24) is 0 Å². The molecule has 5 unspecified atom stereocenters. The molecule has 0 aromatic rings. The van der Waals surface area contributed by atoms with Gasteiger partial charge < -0.3 is 29.9 Å². The van der Waals surface area contributed by atoms with E-state index in [2.05, 4.69) is 0 Å². The van der Waals surface area contributed by atoms with E-state index in [-0.39, 0.29) is 0 Å². The molecule has 0 aromatic heterocycles. The van der Waals surface area contributed by atoms with Crippen molar-refractivity contribution >= 4 is 0 Å². The van der Waals surface area contributed by atoms with Gasteiger partial charge in [-0.05, 0) is 20.8 Å². The summed E-state index contributed by atoms with van der Waals surface area (Å²) in [5, 5.41) is 38.2. The number of aliphatic hydroxyl groups excluding tert-OH is 4. The summed E-state index contributed by atoms with van der Waals surface area (Å²) in [5.41, 5.74) is -0.817. The van der Waals surface area contributed by atoms with E-state index in [9.17, 15) is 15.3 Å². The molecule has 4 N–H and O–H groups in total. The fourth-order valence-electron chi connectivity index (χ4n) is 2.13. The first-order valence-electron chi connectivity index (χ1n) is 5.79. The lowest BCUT2D eigenvalue weighted by atomic mass is 9.87. The van der Waals surface area contributed by atoms with Crippen LogP contribution in [0.15, 0.2) is 0 Å². The van der Waals surface area contributed by atoms with E-state index in [0.717, 1.165) is 0 Å².